The van der Waals surface area contributed by atoms with Crippen molar-refractivity contribution in [2.75, 3.05) is 20.3 Å². The molecule has 0 aromatic carbocycles. The molecule has 3 rings (SSSR count). The molecule has 2 atom stereocenters. The molecule has 1 aromatic rings. The molecule has 7 heteroatoms. The van der Waals surface area contributed by atoms with E-state index in [9.17, 15) is 18.0 Å². The summed E-state index contributed by atoms with van der Waals surface area (Å²) in [4.78, 5) is 18.3. The van der Waals surface area contributed by atoms with Gasteiger partial charge in [-0.3, -0.25) is 14.7 Å². The standard InChI is InChI=1S/C15H17F3N2O2/c1-20-12-3-9(4-13(20)8-22-7-12)14(21)10-2-11(6-19-5-10)15(16,17)18/h2,5-6,9,12-13H,3-4,7-8H2,1H3. The number of pyridine rings is 1. The van der Waals surface area contributed by atoms with Crippen LogP contribution in [0.5, 0.6) is 0 Å². The van der Waals surface area contributed by atoms with Crippen molar-refractivity contribution in [1.82, 2.24) is 9.88 Å². The molecule has 0 N–H and O–H groups in total. The largest absolute Gasteiger partial charge is 0.417 e. The number of Topliss-reactive ketones (excluding diaryl/α,β-unsaturated/α-hetero) is 1. The number of hydrogen-bond donors (Lipinski definition) is 0. The molecule has 4 nitrogen and oxygen atoms in total. The van der Waals surface area contributed by atoms with Gasteiger partial charge in [0.2, 0.25) is 0 Å². The molecule has 1 aromatic heterocycles. The average molecular weight is 314 g/mol. The smallest absolute Gasteiger partial charge is 0.378 e. The molecular formula is C15H17F3N2O2. The van der Waals surface area contributed by atoms with Crippen LogP contribution in [0.3, 0.4) is 0 Å². The number of fused-ring (bicyclic) bond motifs is 2. The number of aromatic nitrogens is 1. The van der Waals surface area contributed by atoms with Crippen molar-refractivity contribution in [3.05, 3.63) is 29.6 Å². The summed E-state index contributed by atoms with van der Waals surface area (Å²) < 4.78 is 43.7. The van der Waals surface area contributed by atoms with Gasteiger partial charge in [0.05, 0.1) is 18.8 Å². The zero-order chi connectivity index (χ0) is 15.9. The molecule has 0 amide bonds. The number of piperidine rings is 1. The summed E-state index contributed by atoms with van der Waals surface area (Å²) in [5.74, 6) is -0.510. The highest BCUT2D eigenvalue weighted by Gasteiger charge is 2.40. The number of carbonyl (C=O) groups is 1. The summed E-state index contributed by atoms with van der Waals surface area (Å²) >= 11 is 0. The minimum atomic E-state index is -4.49. The number of ether oxygens (including phenoxy) is 1. The van der Waals surface area contributed by atoms with E-state index in [4.69, 9.17) is 4.74 Å². The Kier molecular flexibility index (Phi) is 3.94. The Morgan fingerprint density at radius 3 is 2.50 bits per heavy atom. The van der Waals surface area contributed by atoms with Crippen LogP contribution in [0, 0.1) is 5.92 Å². The summed E-state index contributed by atoms with van der Waals surface area (Å²) in [5, 5.41) is 0. The molecule has 22 heavy (non-hydrogen) atoms. The third-order valence-electron chi connectivity index (χ3n) is 4.61. The van der Waals surface area contributed by atoms with Gasteiger partial charge in [0.1, 0.15) is 0 Å². The predicted octanol–water partition coefficient (Wildman–Crippen LogP) is 2.39. The van der Waals surface area contributed by atoms with Crippen LogP contribution in [0.15, 0.2) is 18.5 Å². The summed E-state index contributed by atoms with van der Waals surface area (Å²) in [6.07, 6.45) is -1.29. The van der Waals surface area contributed by atoms with E-state index in [0.717, 1.165) is 12.3 Å². The minimum Gasteiger partial charge on any atom is -0.378 e. The van der Waals surface area contributed by atoms with Gasteiger partial charge in [-0.25, -0.2) is 0 Å². The second-order valence-electron chi connectivity index (χ2n) is 6.00. The number of rotatable bonds is 2. The van der Waals surface area contributed by atoms with Crippen LogP contribution in [0.25, 0.3) is 0 Å². The van der Waals surface area contributed by atoms with E-state index in [-0.39, 0.29) is 29.3 Å². The highest BCUT2D eigenvalue weighted by Crippen LogP contribution is 2.34. The summed E-state index contributed by atoms with van der Waals surface area (Å²) in [7, 11) is 2.00. The SMILES string of the molecule is CN1C2COCC1CC(C(=O)c1cncc(C(F)(F)F)c1)C2. The molecule has 3 heterocycles. The topological polar surface area (TPSA) is 42.4 Å². The number of alkyl halides is 3. The van der Waals surface area contributed by atoms with Crippen molar-refractivity contribution in [2.24, 2.45) is 5.92 Å². The van der Waals surface area contributed by atoms with Gasteiger partial charge in [0.25, 0.3) is 0 Å². The monoisotopic (exact) mass is 314 g/mol. The Morgan fingerprint density at radius 1 is 1.27 bits per heavy atom. The van der Waals surface area contributed by atoms with Crippen molar-refractivity contribution in [1.29, 1.82) is 0 Å². The first-order valence-corrected chi connectivity index (χ1v) is 7.22. The zero-order valence-electron chi connectivity index (χ0n) is 12.1. The third-order valence-corrected chi connectivity index (χ3v) is 4.61. The zero-order valence-corrected chi connectivity index (χ0v) is 12.1. The summed E-state index contributed by atoms with van der Waals surface area (Å²) in [6.45, 7) is 1.13. The fraction of sp³-hybridized carbons (Fsp3) is 0.600. The van der Waals surface area contributed by atoms with Crippen molar-refractivity contribution in [3.63, 3.8) is 0 Å². The van der Waals surface area contributed by atoms with E-state index in [0.29, 0.717) is 26.1 Å². The van der Waals surface area contributed by atoms with Gasteiger partial charge in [-0.15, -0.1) is 0 Å². The Balaban J connectivity index is 1.80. The molecule has 2 fully saturated rings. The van der Waals surface area contributed by atoms with Crippen molar-refractivity contribution in [3.8, 4) is 0 Å². The quantitative estimate of drug-likeness (QED) is 0.786. The number of carbonyl (C=O) groups excluding carboxylic acids is 1. The van der Waals surface area contributed by atoms with Gasteiger partial charge < -0.3 is 4.74 Å². The molecular weight excluding hydrogens is 297 g/mol. The van der Waals surface area contributed by atoms with E-state index in [1.165, 1.54) is 6.20 Å². The third kappa shape index (κ3) is 2.87. The van der Waals surface area contributed by atoms with Gasteiger partial charge >= 0.3 is 6.18 Å². The van der Waals surface area contributed by atoms with E-state index in [2.05, 4.69) is 9.88 Å². The second-order valence-corrected chi connectivity index (χ2v) is 6.00. The van der Waals surface area contributed by atoms with Gasteiger partial charge in [-0.05, 0) is 26.0 Å². The summed E-state index contributed by atoms with van der Waals surface area (Å²) in [5.41, 5.74) is -0.835. The lowest BCUT2D eigenvalue weighted by atomic mass is 9.81. The molecule has 2 aliphatic rings. The van der Waals surface area contributed by atoms with Crippen LogP contribution in [0.2, 0.25) is 0 Å². The maximum absolute atomic E-state index is 12.7. The van der Waals surface area contributed by atoms with Gasteiger partial charge in [-0.2, -0.15) is 13.2 Å². The lowest BCUT2D eigenvalue weighted by Gasteiger charge is -2.46. The van der Waals surface area contributed by atoms with E-state index < -0.39 is 11.7 Å². The molecule has 120 valence electrons. The Bertz CT molecular complexity index is 562. The number of halogens is 3. The van der Waals surface area contributed by atoms with Gasteiger partial charge in [-0.1, -0.05) is 0 Å². The normalized spacial score (nSPS) is 29.4. The van der Waals surface area contributed by atoms with Crippen molar-refractivity contribution in [2.45, 2.75) is 31.1 Å². The van der Waals surface area contributed by atoms with Crippen LogP contribution in [0.4, 0.5) is 13.2 Å². The highest BCUT2D eigenvalue weighted by atomic mass is 19.4. The summed E-state index contributed by atoms with van der Waals surface area (Å²) in [6, 6.07) is 1.21. The number of likely N-dealkylation sites (N-methyl/N-ethyl adjacent to an activating group) is 1. The minimum absolute atomic E-state index is 0.0448. The lowest BCUT2D eigenvalue weighted by molar-refractivity contribution is -0.137. The van der Waals surface area contributed by atoms with Crippen LogP contribution in [0.1, 0.15) is 28.8 Å². The number of ketones is 1. The van der Waals surface area contributed by atoms with Crippen LogP contribution in [-0.4, -0.2) is 48.0 Å². The first kappa shape index (κ1) is 15.4. The van der Waals surface area contributed by atoms with Crippen LogP contribution < -0.4 is 0 Å². The first-order chi connectivity index (χ1) is 10.4. The number of nitrogens with zero attached hydrogens (tertiary/aromatic N) is 2. The molecule has 2 bridgehead atoms. The molecule has 0 radical (unpaired) electrons. The maximum atomic E-state index is 12.7. The second kappa shape index (κ2) is 5.62. The van der Waals surface area contributed by atoms with Crippen LogP contribution in [-0.2, 0) is 10.9 Å². The van der Waals surface area contributed by atoms with E-state index >= 15 is 0 Å². The predicted molar refractivity (Wildman–Crippen MR) is 72.5 cm³/mol. The van der Waals surface area contributed by atoms with Gasteiger partial charge in [0, 0.05) is 36.0 Å². The Labute approximate surface area is 126 Å². The molecule has 0 aliphatic carbocycles. The van der Waals surface area contributed by atoms with Crippen molar-refractivity contribution >= 4 is 5.78 Å². The number of morpholine rings is 1. The Hall–Kier alpha value is -1.47. The maximum Gasteiger partial charge on any atom is 0.417 e. The lowest BCUT2D eigenvalue weighted by Crippen LogP contribution is -2.55. The van der Waals surface area contributed by atoms with E-state index in [1.807, 2.05) is 7.05 Å². The molecule has 2 aliphatic heterocycles. The Morgan fingerprint density at radius 2 is 1.91 bits per heavy atom. The first-order valence-electron chi connectivity index (χ1n) is 7.22. The molecule has 0 spiro atoms. The number of hydrogen-bond acceptors (Lipinski definition) is 4. The fourth-order valence-electron chi connectivity index (χ4n) is 3.27. The van der Waals surface area contributed by atoms with Crippen molar-refractivity contribution < 1.29 is 22.7 Å². The average Bonchev–Trinajstić information content (AvgIpc) is 2.45. The molecule has 0 saturated carbocycles. The van der Waals surface area contributed by atoms with Crippen LogP contribution >= 0.6 is 0 Å². The molecule has 2 unspecified atom stereocenters. The fourth-order valence-corrected chi connectivity index (χ4v) is 3.27. The van der Waals surface area contributed by atoms with E-state index in [1.54, 1.807) is 0 Å². The highest BCUT2D eigenvalue weighted by molar-refractivity contribution is 5.97. The van der Waals surface area contributed by atoms with Gasteiger partial charge in [0.15, 0.2) is 5.78 Å². The molecule has 2 saturated heterocycles.